The van der Waals surface area contributed by atoms with Crippen LogP contribution < -0.4 is 5.32 Å². The highest BCUT2D eigenvalue weighted by Crippen LogP contribution is 2.05. The minimum absolute atomic E-state index is 0.703. The van der Waals surface area contributed by atoms with Crippen LogP contribution in [0.25, 0.3) is 0 Å². The zero-order chi connectivity index (χ0) is 9.80. The molecule has 0 aliphatic heterocycles. The molecule has 2 aromatic rings. The van der Waals surface area contributed by atoms with Gasteiger partial charge in [0.25, 0.3) is 0 Å². The van der Waals surface area contributed by atoms with E-state index in [1.165, 1.54) is 0 Å². The molecule has 2 heterocycles. The number of nitrogens with zero attached hydrogens (tertiary/aromatic N) is 4. The Hall–Kier alpha value is -1.27. The van der Waals surface area contributed by atoms with Gasteiger partial charge < -0.3 is 5.32 Å². The van der Waals surface area contributed by atoms with E-state index in [4.69, 9.17) is 0 Å². The Bertz CT molecular complexity index is 380. The molecule has 2 rings (SSSR count). The molecule has 0 bridgehead atoms. The van der Waals surface area contributed by atoms with Crippen LogP contribution in [0.15, 0.2) is 17.8 Å². The van der Waals surface area contributed by atoms with Crippen LogP contribution in [0.3, 0.4) is 0 Å². The topological polar surface area (TPSA) is 55.6 Å². The normalized spacial score (nSPS) is 10.6. The van der Waals surface area contributed by atoms with Gasteiger partial charge in [0, 0.05) is 18.1 Å². The smallest absolute Gasteiger partial charge is 0.114 e. The van der Waals surface area contributed by atoms with Crippen LogP contribution in [-0.4, -0.2) is 27.0 Å². The van der Waals surface area contributed by atoms with E-state index >= 15 is 0 Å². The highest BCUT2D eigenvalue weighted by Gasteiger charge is 2.01. The van der Waals surface area contributed by atoms with Gasteiger partial charge in [0.15, 0.2) is 0 Å². The van der Waals surface area contributed by atoms with E-state index in [0.717, 1.165) is 17.2 Å². The molecule has 0 atom stereocenters. The van der Waals surface area contributed by atoms with Crippen molar-refractivity contribution in [2.75, 3.05) is 7.05 Å². The molecule has 0 radical (unpaired) electrons. The van der Waals surface area contributed by atoms with Crippen LogP contribution in [0.4, 0.5) is 0 Å². The molecule has 2 aromatic heterocycles. The Balaban J connectivity index is 2.03. The van der Waals surface area contributed by atoms with Crippen LogP contribution in [0.1, 0.15) is 10.7 Å². The zero-order valence-corrected chi connectivity index (χ0v) is 8.66. The average molecular weight is 209 g/mol. The van der Waals surface area contributed by atoms with Gasteiger partial charge >= 0.3 is 0 Å². The molecule has 1 N–H and O–H groups in total. The van der Waals surface area contributed by atoms with Crippen molar-refractivity contribution >= 4 is 11.3 Å². The van der Waals surface area contributed by atoms with Crippen molar-refractivity contribution in [1.29, 1.82) is 0 Å². The van der Waals surface area contributed by atoms with Gasteiger partial charge in [-0.25, -0.2) is 9.67 Å². The first-order valence-electron chi connectivity index (χ1n) is 4.30. The number of aromatic nitrogens is 4. The summed E-state index contributed by atoms with van der Waals surface area (Å²) >= 11 is 1.63. The third kappa shape index (κ3) is 2.15. The van der Waals surface area contributed by atoms with Crippen molar-refractivity contribution in [3.8, 4) is 0 Å². The molecule has 0 spiro atoms. The Morgan fingerprint density at radius 3 is 3.21 bits per heavy atom. The molecule has 74 valence electrons. The predicted octanol–water partition coefficient (Wildman–Crippen LogP) is 0.502. The van der Waals surface area contributed by atoms with Gasteiger partial charge in [0.1, 0.15) is 5.01 Å². The van der Waals surface area contributed by atoms with E-state index < -0.39 is 0 Å². The molecular formula is C8H11N5S. The molecule has 0 unspecified atom stereocenters. The molecule has 6 heteroatoms. The zero-order valence-electron chi connectivity index (χ0n) is 7.84. The summed E-state index contributed by atoms with van der Waals surface area (Å²) in [6.45, 7) is 1.45. The molecule has 5 nitrogen and oxygen atoms in total. The van der Waals surface area contributed by atoms with Crippen molar-refractivity contribution in [3.63, 3.8) is 0 Å². The largest absolute Gasteiger partial charge is 0.314 e. The van der Waals surface area contributed by atoms with Crippen LogP contribution in [0, 0.1) is 0 Å². The average Bonchev–Trinajstić information content (AvgIpc) is 2.79. The SMILES string of the molecule is CNCc1cn(Cc2nccs2)nn1. The van der Waals surface area contributed by atoms with Crippen LogP contribution in [0.5, 0.6) is 0 Å². The summed E-state index contributed by atoms with van der Waals surface area (Å²) in [4.78, 5) is 4.18. The minimum Gasteiger partial charge on any atom is -0.314 e. The second-order valence-corrected chi connectivity index (χ2v) is 3.84. The number of thiazole rings is 1. The van der Waals surface area contributed by atoms with Crippen LogP contribution in [0.2, 0.25) is 0 Å². The molecule has 0 aliphatic rings. The molecule has 0 amide bonds. The standard InChI is InChI=1S/C8H11N5S/c1-9-4-7-5-13(12-11-7)6-8-10-2-3-14-8/h2-3,5,9H,4,6H2,1H3. The van der Waals surface area contributed by atoms with Gasteiger partial charge in [0.05, 0.1) is 18.4 Å². The van der Waals surface area contributed by atoms with Gasteiger partial charge in [-0.2, -0.15) is 0 Å². The number of hydrogen-bond acceptors (Lipinski definition) is 5. The summed E-state index contributed by atoms with van der Waals surface area (Å²) < 4.78 is 1.80. The number of rotatable bonds is 4. The first-order chi connectivity index (χ1) is 6.88. The first-order valence-corrected chi connectivity index (χ1v) is 5.18. The molecule has 0 aromatic carbocycles. The summed E-state index contributed by atoms with van der Waals surface area (Å²) in [5.74, 6) is 0. The van der Waals surface area contributed by atoms with Gasteiger partial charge in [-0.15, -0.1) is 16.4 Å². The molecule has 14 heavy (non-hydrogen) atoms. The summed E-state index contributed by atoms with van der Waals surface area (Å²) in [5, 5.41) is 14.1. The van der Waals surface area contributed by atoms with E-state index in [0.29, 0.717) is 6.54 Å². The van der Waals surface area contributed by atoms with Crippen molar-refractivity contribution in [2.45, 2.75) is 13.1 Å². The quantitative estimate of drug-likeness (QED) is 0.796. The van der Waals surface area contributed by atoms with Crippen molar-refractivity contribution < 1.29 is 0 Å². The lowest BCUT2D eigenvalue weighted by atomic mass is 10.5. The summed E-state index contributed by atoms with van der Waals surface area (Å²) in [5.41, 5.74) is 0.948. The Morgan fingerprint density at radius 1 is 1.57 bits per heavy atom. The third-order valence-electron chi connectivity index (χ3n) is 1.72. The van der Waals surface area contributed by atoms with Crippen LogP contribution >= 0.6 is 11.3 Å². The number of hydrogen-bond donors (Lipinski definition) is 1. The minimum atomic E-state index is 0.703. The maximum absolute atomic E-state index is 4.18. The second kappa shape index (κ2) is 4.30. The van der Waals surface area contributed by atoms with E-state index in [1.807, 2.05) is 18.6 Å². The van der Waals surface area contributed by atoms with Gasteiger partial charge in [0.2, 0.25) is 0 Å². The molecule has 0 saturated carbocycles. The maximum atomic E-state index is 4.18. The van der Waals surface area contributed by atoms with Crippen molar-refractivity contribution in [2.24, 2.45) is 0 Å². The highest BCUT2D eigenvalue weighted by atomic mass is 32.1. The molecule has 0 fully saturated rings. The molecular weight excluding hydrogens is 198 g/mol. The number of nitrogens with one attached hydrogen (secondary N) is 1. The Kier molecular flexibility index (Phi) is 2.85. The van der Waals surface area contributed by atoms with E-state index in [1.54, 1.807) is 22.2 Å². The fourth-order valence-electron chi connectivity index (χ4n) is 1.15. The fourth-order valence-corrected chi connectivity index (χ4v) is 1.75. The van der Waals surface area contributed by atoms with Gasteiger partial charge in [-0.3, -0.25) is 0 Å². The molecule has 0 saturated heterocycles. The third-order valence-corrected chi connectivity index (χ3v) is 2.49. The van der Waals surface area contributed by atoms with Crippen molar-refractivity contribution in [3.05, 3.63) is 28.5 Å². The summed E-state index contributed by atoms with van der Waals surface area (Å²) in [7, 11) is 1.89. The maximum Gasteiger partial charge on any atom is 0.114 e. The van der Waals surface area contributed by atoms with Gasteiger partial charge in [-0.1, -0.05) is 5.21 Å². The van der Waals surface area contributed by atoms with Crippen LogP contribution in [-0.2, 0) is 13.1 Å². The van der Waals surface area contributed by atoms with Crippen molar-refractivity contribution in [1.82, 2.24) is 25.3 Å². The highest BCUT2D eigenvalue weighted by molar-refractivity contribution is 7.09. The predicted molar refractivity (Wildman–Crippen MR) is 54.0 cm³/mol. The Labute approximate surface area is 85.8 Å². The first kappa shape index (κ1) is 9.29. The second-order valence-electron chi connectivity index (χ2n) is 2.86. The van der Waals surface area contributed by atoms with Gasteiger partial charge in [-0.05, 0) is 7.05 Å². The van der Waals surface area contributed by atoms with E-state index in [9.17, 15) is 0 Å². The summed E-state index contributed by atoms with van der Waals surface area (Å²) in [6.07, 6.45) is 3.73. The summed E-state index contributed by atoms with van der Waals surface area (Å²) in [6, 6.07) is 0. The lowest BCUT2D eigenvalue weighted by Crippen LogP contribution is -2.05. The van der Waals surface area contributed by atoms with E-state index in [-0.39, 0.29) is 0 Å². The lowest BCUT2D eigenvalue weighted by molar-refractivity contribution is 0.646. The monoisotopic (exact) mass is 209 g/mol. The van der Waals surface area contributed by atoms with E-state index in [2.05, 4.69) is 20.6 Å². The fraction of sp³-hybridized carbons (Fsp3) is 0.375. The lowest BCUT2D eigenvalue weighted by Gasteiger charge is -1.94. The Morgan fingerprint density at radius 2 is 2.50 bits per heavy atom. The molecule has 0 aliphatic carbocycles.